The highest BCUT2D eigenvalue weighted by atomic mass is 16.5. The summed E-state index contributed by atoms with van der Waals surface area (Å²) in [5.74, 6) is -1.92. The molecule has 1 aromatic rings. The minimum atomic E-state index is -0.763. The third kappa shape index (κ3) is 3.58. The number of likely N-dealkylation sites (N-methyl/N-ethyl adjacent to an activating group) is 1. The van der Waals surface area contributed by atoms with Crippen molar-refractivity contribution >= 4 is 23.5 Å². The molecule has 6 heteroatoms. The Morgan fingerprint density at radius 1 is 1.11 bits per heavy atom. The summed E-state index contributed by atoms with van der Waals surface area (Å²) in [5, 5.41) is 4.59. The summed E-state index contributed by atoms with van der Waals surface area (Å²) in [5.41, 5.74) is 0.812. The maximum absolute atomic E-state index is 11.4. The molecule has 2 amide bonds. The van der Waals surface area contributed by atoms with Gasteiger partial charge in [0.15, 0.2) is 0 Å². The Kier molecular flexibility index (Phi) is 4.86. The average Bonchev–Trinajstić information content (AvgIpc) is 2.38. The molecule has 0 aliphatic rings. The smallest absolute Gasteiger partial charge is 0.338 e. The van der Waals surface area contributed by atoms with Gasteiger partial charge in [0.1, 0.15) is 0 Å². The molecule has 18 heavy (non-hydrogen) atoms. The largest absolute Gasteiger partial charge is 0.462 e. The number of amides is 2. The van der Waals surface area contributed by atoms with E-state index in [-0.39, 0.29) is 0 Å². The quantitative estimate of drug-likeness (QED) is 0.606. The lowest BCUT2D eigenvalue weighted by Gasteiger charge is -2.05. The number of hydrogen-bond acceptors (Lipinski definition) is 4. The van der Waals surface area contributed by atoms with Gasteiger partial charge in [-0.1, -0.05) is 0 Å². The number of nitrogens with one attached hydrogen (secondary N) is 2. The number of anilines is 1. The fraction of sp³-hybridized carbons (Fsp3) is 0.250. The van der Waals surface area contributed by atoms with Crippen molar-refractivity contribution in [3.63, 3.8) is 0 Å². The van der Waals surface area contributed by atoms with Crippen LogP contribution in [-0.2, 0) is 14.3 Å². The van der Waals surface area contributed by atoms with Crippen LogP contribution in [-0.4, -0.2) is 31.4 Å². The minimum Gasteiger partial charge on any atom is -0.462 e. The van der Waals surface area contributed by atoms with E-state index in [2.05, 4.69) is 10.6 Å². The maximum Gasteiger partial charge on any atom is 0.338 e. The molecule has 0 unspecified atom stereocenters. The van der Waals surface area contributed by atoms with Gasteiger partial charge in [-0.25, -0.2) is 4.79 Å². The van der Waals surface area contributed by atoms with E-state index in [4.69, 9.17) is 4.74 Å². The highest BCUT2D eigenvalue weighted by molar-refractivity contribution is 6.39. The maximum atomic E-state index is 11.4. The van der Waals surface area contributed by atoms with Crippen molar-refractivity contribution in [1.29, 1.82) is 0 Å². The zero-order chi connectivity index (χ0) is 13.5. The van der Waals surface area contributed by atoms with E-state index >= 15 is 0 Å². The second-order valence-electron chi connectivity index (χ2n) is 3.33. The van der Waals surface area contributed by atoms with Gasteiger partial charge in [0.25, 0.3) is 0 Å². The highest BCUT2D eigenvalue weighted by Gasteiger charge is 2.11. The van der Waals surface area contributed by atoms with E-state index in [0.29, 0.717) is 17.9 Å². The number of carbonyl (C=O) groups is 3. The van der Waals surface area contributed by atoms with Crippen LogP contribution in [0.15, 0.2) is 24.3 Å². The molecule has 0 aliphatic carbocycles. The monoisotopic (exact) mass is 250 g/mol. The minimum absolute atomic E-state index is 0.300. The zero-order valence-electron chi connectivity index (χ0n) is 10.1. The molecule has 0 aliphatic heterocycles. The first-order valence-electron chi connectivity index (χ1n) is 5.38. The summed E-state index contributed by atoms with van der Waals surface area (Å²) in [6.07, 6.45) is 0. The van der Waals surface area contributed by atoms with Gasteiger partial charge in [-0.05, 0) is 31.2 Å². The van der Waals surface area contributed by atoms with Crippen molar-refractivity contribution in [3.8, 4) is 0 Å². The van der Waals surface area contributed by atoms with Gasteiger partial charge in [-0.3, -0.25) is 9.59 Å². The molecule has 0 aromatic heterocycles. The second-order valence-corrected chi connectivity index (χ2v) is 3.33. The van der Waals surface area contributed by atoms with Gasteiger partial charge in [0.05, 0.1) is 12.2 Å². The molecule has 0 bridgehead atoms. The molecule has 2 N–H and O–H groups in total. The Labute approximate surface area is 104 Å². The summed E-state index contributed by atoms with van der Waals surface area (Å²) in [4.78, 5) is 33.6. The standard InChI is InChI=1S/C12H14N2O4/c1-3-18-12(17)8-4-6-9(7-5-8)14-11(16)10(15)13-2/h4-7H,3H2,1-2H3,(H,13,15)(H,14,16). The Hall–Kier alpha value is -2.37. The normalized spacial score (nSPS) is 9.44. The fourth-order valence-electron chi connectivity index (χ4n) is 1.21. The van der Waals surface area contributed by atoms with Crippen molar-refractivity contribution < 1.29 is 19.1 Å². The van der Waals surface area contributed by atoms with Gasteiger partial charge in [-0.15, -0.1) is 0 Å². The van der Waals surface area contributed by atoms with Crippen LogP contribution in [0.5, 0.6) is 0 Å². The number of benzene rings is 1. The molecule has 1 rings (SSSR count). The number of esters is 1. The molecule has 0 fully saturated rings. The van der Waals surface area contributed by atoms with Crippen molar-refractivity contribution in [1.82, 2.24) is 5.32 Å². The van der Waals surface area contributed by atoms with E-state index < -0.39 is 17.8 Å². The van der Waals surface area contributed by atoms with Crippen LogP contribution in [0.4, 0.5) is 5.69 Å². The Morgan fingerprint density at radius 3 is 2.22 bits per heavy atom. The van der Waals surface area contributed by atoms with Crippen LogP contribution in [0, 0.1) is 0 Å². The molecule has 0 heterocycles. The van der Waals surface area contributed by atoms with E-state index in [9.17, 15) is 14.4 Å². The third-order valence-corrected chi connectivity index (χ3v) is 2.09. The molecule has 0 radical (unpaired) electrons. The van der Waals surface area contributed by atoms with Crippen molar-refractivity contribution in [2.24, 2.45) is 0 Å². The topological polar surface area (TPSA) is 84.5 Å². The highest BCUT2D eigenvalue weighted by Crippen LogP contribution is 2.10. The lowest BCUT2D eigenvalue weighted by Crippen LogP contribution is -2.32. The van der Waals surface area contributed by atoms with Gasteiger partial charge in [-0.2, -0.15) is 0 Å². The van der Waals surface area contributed by atoms with Crippen molar-refractivity contribution in [2.75, 3.05) is 19.0 Å². The molecule has 96 valence electrons. The molecule has 0 saturated carbocycles. The molecule has 0 atom stereocenters. The van der Waals surface area contributed by atoms with Crippen LogP contribution in [0.2, 0.25) is 0 Å². The molecule has 1 aromatic carbocycles. The SMILES string of the molecule is CCOC(=O)c1ccc(NC(=O)C(=O)NC)cc1. The lowest BCUT2D eigenvalue weighted by molar-refractivity contribution is -0.135. The van der Waals surface area contributed by atoms with E-state index in [1.807, 2.05) is 0 Å². The van der Waals surface area contributed by atoms with Gasteiger partial charge in [0.2, 0.25) is 0 Å². The van der Waals surface area contributed by atoms with Crippen LogP contribution in [0.25, 0.3) is 0 Å². The molecular weight excluding hydrogens is 236 g/mol. The van der Waals surface area contributed by atoms with Crippen LogP contribution >= 0.6 is 0 Å². The van der Waals surface area contributed by atoms with Gasteiger partial charge in [0, 0.05) is 12.7 Å². The molecule has 6 nitrogen and oxygen atoms in total. The second kappa shape index (κ2) is 6.39. The lowest BCUT2D eigenvalue weighted by atomic mass is 10.2. The zero-order valence-corrected chi connectivity index (χ0v) is 10.1. The molecule has 0 spiro atoms. The Bertz CT molecular complexity index is 454. The molecular formula is C12H14N2O4. The third-order valence-electron chi connectivity index (χ3n) is 2.09. The Morgan fingerprint density at radius 2 is 1.72 bits per heavy atom. The summed E-state index contributed by atoms with van der Waals surface area (Å²) in [6.45, 7) is 2.02. The summed E-state index contributed by atoms with van der Waals surface area (Å²) >= 11 is 0. The number of ether oxygens (including phenoxy) is 1. The van der Waals surface area contributed by atoms with E-state index in [0.717, 1.165) is 0 Å². The molecule has 0 saturated heterocycles. The average molecular weight is 250 g/mol. The number of carbonyl (C=O) groups excluding carboxylic acids is 3. The van der Waals surface area contributed by atoms with Crippen molar-refractivity contribution in [2.45, 2.75) is 6.92 Å². The summed E-state index contributed by atoms with van der Waals surface area (Å²) in [6, 6.07) is 6.06. The predicted molar refractivity (Wildman–Crippen MR) is 65.1 cm³/mol. The van der Waals surface area contributed by atoms with Gasteiger partial charge < -0.3 is 15.4 Å². The summed E-state index contributed by atoms with van der Waals surface area (Å²) in [7, 11) is 1.37. The van der Waals surface area contributed by atoms with E-state index in [1.165, 1.54) is 31.3 Å². The van der Waals surface area contributed by atoms with Crippen molar-refractivity contribution in [3.05, 3.63) is 29.8 Å². The summed E-state index contributed by atoms with van der Waals surface area (Å²) < 4.78 is 4.81. The first kappa shape index (κ1) is 13.7. The predicted octanol–water partition coefficient (Wildman–Crippen LogP) is 0.548. The first-order chi connectivity index (χ1) is 8.58. The van der Waals surface area contributed by atoms with Crippen LogP contribution in [0.3, 0.4) is 0 Å². The number of rotatable bonds is 3. The van der Waals surface area contributed by atoms with Crippen LogP contribution < -0.4 is 10.6 Å². The Balaban J connectivity index is 2.69. The fourth-order valence-corrected chi connectivity index (χ4v) is 1.21. The first-order valence-corrected chi connectivity index (χ1v) is 5.38. The number of hydrogen-bond donors (Lipinski definition) is 2. The van der Waals surface area contributed by atoms with Crippen LogP contribution in [0.1, 0.15) is 17.3 Å². The van der Waals surface area contributed by atoms with Gasteiger partial charge >= 0.3 is 17.8 Å². The van der Waals surface area contributed by atoms with E-state index in [1.54, 1.807) is 6.92 Å².